The van der Waals surface area contributed by atoms with E-state index in [-0.39, 0.29) is 24.4 Å². The summed E-state index contributed by atoms with van der Waals surface area (Å²) in [6.45, 7) is 0.470. The number of para-hydroxylation sites is 1. The van der Waals surface area contributed by atoms with Crippen molar-refractivity contribution in [1.29, 1.82) is 0 Å². The third-order valence-corrected chi connectivity index (χ3v) is 2.42. The zero-order chi connectivity index (χ0) is 13.5. The van der Waals surface area contributed by atoms with Crippen LogP contribution in [-0.4, -0.2) is 37.4 Å². The van der Waals surface area contributed by atoms with E-state index >= 15 is 0 Å². The lowest BCUT2D eigenvalue weighted by atomic mass is 10.1. The van der Waals surface area contributed by atoms with E-state index in [0.717, 1.165) is 0 Å². The normalized spacial score (nSPS) is 12.2. The highest BCUT2D eigenvalue weighted by Gasteiger charge is 2.12. The Kier molecular flexibility index (Phi) is 5.54. The number of methoxy groups -OCH3 is 1. The van der Waals surface area contributed by atoms with Crippen LogP contribution in [0.4, 0.5) is 10.1 Å². The Morgan fingerprint density at radius 2 is 2.33 bits per heavy atom. The molecule has 0 aromatic heterocycles. The average Bonchev–Trinajstić information content (AvgIpc) is 2.33. The molecule has 0 heterocycles. The van der Waals surface area contributed by atoms with Crippen molar-refractivity contribution >= 4 is 11.6 Å². The standard InChI is InChI=1S/C12H17FN2O3/c1-18-7-8(16)5-6-15-12(17)9-3-2-4-10(13)11(9)14/h2-4,8,16H,5-7,14H2,1H3,(H,15,17). The summed E-state index contributed by atoms with van der Waals surface area (Å²) in [7, 11) is 1.48. The van der Waals surface area contributed by atoms with Crippen molar-refractivity contribution in [2.75, 3.05) is 26.0 Å². The van der Waals surface area contributed by atoms with Crippen molar-refractivity contribution in [2.24, 2.45) is 0 Å². The molecule has 1 atom stereocenters. The second-order valence-corrected chi connectivity index (χ2v) is 3.85. The number of anilines is 1. The molecule has 1 rings (SSSR count). The highest BCUT2D eigenvalue weighted by Crippen LogP contribution is 2.15. The summed E-state index contributed by atoms with van der Waals surface area (Å²) >= 11 is 0. The molecule has 0 aliphatic heterocycles. The molecular weight excluding hydrogens is 239 g/mol. The molecule has 1 aromatic carbocycles. The van der Waals surface area contributed by atoms with Gasteiger partial charge in [0.15, 0.2) is 0 Å². The van der Waals surface area contributed by atoms with Gasteiger partial charge in [-0.15, -0.1) is 0 Å². The summed E-state index contributed by atoms with van der Waals surface area (Å²) < 4.78 is 17.9. The van der Waals surface area contributed by atoms with E-state index in [9.17, 15) is 14.3 Å². The molecule has 0 fully saturated rings. The SMILES string of the molecule is COCC(O)CCNC(=O)c1cccc(F)c1N. The molecule has 100 valence electrons. The number of nitrogens with one attached hydrogen (secondary N) is 1. The van der Waals surface area contributed by atoms with Crippen LogP contribution >= 0.6 is 0 Å². The number of nitrogens with two attached hydrogens (primary N) is 1. The van der Waals surface area contributed by atoms with Crippen molar-refractivity contribution in [1.82, 2.24) is 5.32 Å². The minimum atomic E-state index is -0.639. The van der Waals surface area contributed by atoms with E-state index in [4.69, 9.17) is 10.5 Å². The molecule has 18 heavy (non-hydrogen) atoms. The van der Waals surface area contributed by atoms with Gasteiger partial charge in [-0.3, -0.25) is 4.79 Å². The van der Waals surface area contributed by atoms with Crippen LogP contribution in [0.15, 0.2) is 18.2 Å². The molecule has 0 saturated carbocycles. The Labute approximate surface area is 105 Å². The Hall–Kier alpha value is -1.66. The van der Waals surface area contributed by atoms with Crippen molar-refractivity contribution in [3.63, 3.8) is 0 Å². The Balaban J connectivity index is 2.48. The zero-order valence-electron chi connectivity index (χ0n) is 10.1. The number of aliphatic hydroxyl groups is 1. The second kappa shape index (κ2) is 6.93. The fourth-order valence-corrected chi connectivity index (χ4v) is 1.46. The van der Waals surface area contributed by atoms with Crippen LogP contribution in [0.1, 0.15) is 16.8 Å². The fourth-order valence-electron chi connectivity index (χ4n) is 1.46. The van der Waals surface area contributed by atoms with E-state index in [2.05, 4.69) is 5.32 Å². The van der Waals surface area contributed by atoms with E-state index in [1.807, 2.05) is 0 Å². The molecule has 0 radical (unpaired) electrons. The maximum absolute atomic E-state index is 13.1. The van der Waals surface area contributed by atoms with Crippen LogP contribution in [0, 0.1) is 5.82 Å². The van der Waals surface area contributed by atoms with Crippen LogP contribution in [0.5, 0.6) is 0 Å². The van der Waals surface area contributed by atoms with Crippen molar-refractivity contribution in [2.45, 2.75) is 12.5 Å². The van der Waals surface area contributed by atoms with Gasteiger partial charge in [0.2, 0.25) is 0 Å². The van der Waals surface area contributed by atoms with Gasteiger partial charge in [-0.25, -0.2) is 4.39 Å². The molecule has 1 amide bonds. The Bertz CT molecular complexity index is 412. The summed E-state index contributed by atoms with van der Waals surface area (Å²) in [6, 6.07) is 4.05. The van der Waals surface area contributed by atoms with Crippen molar-refractivity contribution in [3.05, 3.63) is 29.6 Å². The van der Waals surface area contributed by atoms with Crippen molar-refractivity contribution < 1.29 is 19.0 Å². The first-order chi connectivity index (χ1) is 8.56. The van der Waals surface area contributed by atoms with Crippen LogP contribution in [0.3, 0.4) is 0 Å². The number of rotatable bonds is 6. The molecule has 0 spiro atoms. The lowest BCUT2D eigenvalue weighted by Gasteiger charge is -2.11. The largest absolute Gasteiger partial charge is 0.396 e. The van der Waals surface area contributed by atoms with Gasteiger partial charge < -0.3 is 20.9 Å². The Morgan fingerprint density at radius 3 is 3.00 bits per heavy atom. The first-order valence-corrected chi connectivity index (χ1v) is 5.55. The first-order valence-electron chi connectivity index (χ1n) is 5.55. The third-order valence-electron chi connectivity index (χ3n) is 2.42. The number of nitrogen functional groups attached to an aromatic ring is 1. The van der Waals surface area contributed by atoms with E-state index < -0.39 is 17.8 Å². The average molecular weight is 256 g/mol. The predicted octanol–water partition coefficient (Wildman–Crippen LogP) is 0.535. The van der Waals surface area contributed by atoms with Gasteiger partial charge in [0, 0.05) is 13.7 Å². The quantitative estimate of drug-likeness (QED) is 0.648. The minimum Gasteiger partial charge on any atom is -0.396 e. The number of ether oxygens (including phenoxy) is 1. The van der Waals surface area contributed by atoms with E-state index in [0.29, 0.717) is 6.42 Å². The number of carbonyl (C=O) groups excluding carboxylic acids is 1. The second-order valence-electron chi connectivity index (χ2n) is 3.85. The van der Waals surface area contributed by atoms with Crippen molar-refractivity contribution in [3.8, 4) is 0 Å². The molecule has 1 aromatic rings. The van der Waals surface area contributed by atoms with Crippen LogP contribution in [0.2, 0.25) is 0 Å². The maximum atomic E-state index is 13.1. The number of aliphatic hydroxyl groups excluding tert-OH is 1. The van der Waals surface area contributed by atoms with Crippen LogP contribution < -0.4 is 11.1 Å². The molecule has 6 heteroatoms. The number of benzene rings is 1. The topological polar surface area (TPSA) is 84.6 Å². The smallest absolute Gasteiger partial charge is 0.253 e. The van der Waals surface area contributed by atoms with Crippen LogP contribution in [0.25, 0.3) is 0 Å². The third kappa shape index (κ3) is 3.97. The van der Waals surface area contributed by atoms with Gasteiger partial charge in [-0.05, 0) is 18.6 Å². The van der Waals surface area contributed by atoms with Crippen LogP contribution in [-0.2, 0) is 4.74 Å². The number of carbonyl (C=O) groups is 1. The molecule has 0 aliphatic rings. The number of amides is 1. The summed E-state index contributed by atoms with van der Waals surface area (Å²) in [4.78, 5) is 11.7. The van der Waals surface area contributed by atoms with Gasteiger partial charge in [0.1, 0.15) is 5.82 Å². The lowest BCUT2D eigenvalue weighted by Crippen LogP contribution is -2.29. The number of hydrogen-bond donors (Lipinski definition) is 3. The number of halogens is 1. The van der Waals surface area contributed by atoms with Gasteiger partial charge in [0.05, 0.1) is 24.0 Å². The summed E-state index contributed by atoms with van der Waals surface area (Å²) in [5.74, 6) is -1.08. The minimum absolute atomic E-state index is 0.0937. The molecule has 0 aliphatic carbocycles. The summed E-state index contributed by atoms with van der Waals surface area (Å²) in [5.41, 5.74) is 5.38. The zero-order valence-corrected chi connectivity index (χ0v) is 10.1. The van der Waals surface area contributed by atoms with E-state index in [1.54, 1.807) is 0 Å². The lowest BCUT2D eigenvalue weighted by molar-refractivity contribution is 0.0588. The van der Waals surface area contributed by atoms with Gasteiger partial charge in [-0.1, -0.05) is 6.07 Å². The maximum Gasteiger partial charge on any atom is 0.253 e. The Morgan fingerprint density at radius 1 is 1.61 bits per heavy atom. The predicted molar refractivity (Wildman–Crippen MR) is 65.6 cm³/mol. The summed E-state index contributed by atoms with van der Waals surface area (Å²) in [6.07, 6.45) is -0.283. The van der Waals surface area contributed by atoms with Gasteiger partial charge in [-0.2, -0.15) is 0 Å². The van der Waals surface area contributed by atoms with Gasteiger partial charge >= 0.3 is 0 Å². The number of hydrogen-bond acceptors (Lipinski definition) is 4. The molecular formula is C12H17FN2O3. The van der Waals surface area contributed by atoms with E-state index in [1.165, 1.54) is 25.3 Å². The highest BCUT2D eigenvalue weighted by molar-refractivity contribution is 5.99. The molecule has 0 saturated heterocycles. The molecule has 0 bridgehead atoms. The summed E-state index contributed by atoms with van der Waals surface area (Å²) in [5, 5.41) is 11.9. The molecule has 1 unspecified atom stereocenters. The molecule has 5 nitrogen and oxygen atoms in total. The molecule has 4 N–H and O–H groups in total. The monoisotopic (exact) mass is 256 g/mol. The highest BCUT2D eigenvalue weighted by atomic mass is 19.1. The first kappa shape index (κ1) is 14.4. The van der Waals surface area contributed by atoms with Gasteiger partial charge in [0.25, 0.3) is 5.91 Å². The fraction of sp³-hybridized carbons (Fsp3) is 0.417.